The van der Waals surface area contributed by atoms with Crippen LogP contribution in [0.5, 0.6) is 11.5 Å². The number of hydrogen-bond donors (Lipinski definition) is 0. The Bertz CT molecular complexity index is 1280. The number of nitrogens with zero attached hydrogens (tertiary/aromatic N) is 1. The Morgan fingerprint density at radius 1 is 1.06 bits per heavy atom. The molecule has 180 valence electrons. The Morgan fingerprint density at radius 3 is 2.43 bits per heavy atom. The predicted octanol–water partition coefficient (Wildman–Crippen LogP) is 7.74. The van der Waals surface area contributed by atoms with Crippen LogP contribution >= 0.6 is 62.5 Å². The summed E-state index contributed by atoms with van der Waals surface area (Å²) >= 11 is 12.5. The highest BCUT2D eigenvalue weighted by Crippen LogP contribution is 2.38. The highest BCUT2D eigenvalue weighted by atomic mass is 127. The summed E-state index contributed by atoms with van der Waals surface area (Å²) in [5.41, 5.74) is 4.16. The van der Waals surface area contributed by atoms with Crippen LogP contribution in [-0.2, 0) is 17.9 Å². The smallest absolute Gasteiger partial charge is 0.266 e. The van der Waals surface area contributed by atoms with Gasteiger partial charge in [0, 0.05) is 4.47 Å². The number of hydrogen-bond acceptors (Lipinski definition) is 5. The zero-order valence-corrected chi connectivity index (χ0v) is 24.6. The second kappa shape index (κ2) is 11.9. The molecule has 8 heteroatoms. The van der Waals surface area contributed by atoms with Crippen LogP contribution in [0.2, 0.25) is 0 Å². The second-order valence-electron chi connectivity index (χ2n) is 7.93. The van der Waals surface area contributed by atoms with E-state index in [1.807, 2.05) is 80.6 Å². The summed E-state index contributed by atoms with van der Waals surface area (Å²) in [5.74, 6) is 1.27. The van der Waals surface area contributed by atoms with Crippen molar-refractivity contribution in [3.8, 4) is 11.5 Å². The van der Waals surface area contributed by atoms with Crippen LogP contribution in [0.3, 0.4) is 0 Å². The number of thiocarbonyl (C=S) groups is 1. The first kappa shape index (κ1) is 26.2. The van der Waals surface area contributed by atoms with Gasteiger partial charge < -0.3 is 9.47 Å². The van der Waals surface area contributed by atoms with Crippen LogP contribution in [0.25, 0.3) is 6.08 Å². The average Bonchev–Trinajstić information content (AvgIpc) is 3.08. The third-order valence-corrected chi connectivity index (χ3v) is 7.97. The SMILES string of the molecule is CCOc1cc(/C=C2\SC(=S)N(Cc3ccc(C)cc3)C2=O)cc(I)c1OCc1ccc(Br)cc1. The van der Waals surface area contributed by atoms with E-state index in [1.165, 1.54) is 17.3 Å². The Morgan fingerprint density at radius 2 is 1.74 bits per heavy atom. The molecule has 1 aliphatic rings. The van der Waals surface area contributed by atoms with Gasteiger partial charge in [-0.05, 0) is 83.5 Å². The molecule has 4 nitrogen and oxygen atoms in total. The monoisotopic (exact) mass is 679 g/mol. The molecular formula is C27H23BrINO3S2. The number of rotatable bonds is 8. The van der Waals surface area contributed by atoms with Gasteiger partial charge in [0.1, 0.15) is 10.9 Å². The summed E-state index contributed by atoms with van der Waals surface area (Å²) in [4.78, 5) is 15.4. The third-order valence-electron chi connectivity index (χ3n) is 5.26. The molecule has 1 fully saturated rings. The van der Waals surface area contributed by atoms with E-state index in [2.05, 4.69) is 38.5 Å². The molecule has 1 saturated heterocycles. The summed E-state index contributed by atoms with van der Waals surface area (Å²) in [5, 5.41) is 0. The fourth-order valence-corrected chi connectivity index (χ4v) is 5.77. The quantitative estimate of drug-likeness (QED) is 0.138. The molecule has 35 heavy (non-hydrogen) atoms. The topological polar surface area (TPSA) is 38.8 Å². The van der Waals surface area contributed by atoms with Crippen molar-refractivity contribution in [1.82, 2.24) is 4.90 Å². The molecular weight excluding hydrogens is 657 g/mol. The molecule has 1 amide bonds. The van der Waals surface area contributed by atoms with Crippen molar-refractivity contribution in [1.29, 1.82) is 0 Å². The van der Waals surface area contributed by atoms with E-state index >= 15 is 0 Å². The summed E-state index contributed by atoms with van der Waals surface area (Å²) < 4.78 is 14.5. The van der Waals surface area contributed by atoms with E-state index in [4.69, 9.17) is 21.7 Å². The first-order valence-electron chi connectivity index (χ1n) is 11.0. The van der Waals surface area contributed by atoms with Gasteiger partial charge in [0.15, 0.2) is 11.5 Å². The lowest BCUT2D eigenvalue weighted by Gasteiger charge is -2.15. The molecule has 0 N–H and O–H groups in total. The third kappa shape index (κ3) is 6.67. The first-order chi connectivity index (χ1) is 16.8. The van der Waals surface area contributed by atoms with Gasteiger partial charge in [-0.25, -0.2) is 0 Å². The minimum absolute atomic E-state index is 0.0795. The van der Waals surface area contributed by atoms with E-state index in [1.54, 1.807) is 4.90 Å². The van der Waals surface area contributed by atoms with Crippen molar-refractivity contribution in [2.45, 2.75) is 27.0 Å². The van der Waals surface area contributed by atoms with Crippen LogP contribution in [0, 0.1) is 10.5 Å². The molecule has 0 unspecified atom stereocenters. The Kier molecular flexibility index (Phi) is 8.91. The van der Waals surface area contributed by atoms with Crippen LogP contribution in [0.15, 0.2) is 70.0 Å². The van der Waals surface area contributed by atoms with Crippen molar-refractivity contribution in [3.63, 3.8) is 0 Å². The standard InChI is InChI=1S/C27H23BrINO3S2/c1-3-32-23-13-20(12-22(29)25(23)33-16-19-8-10-21(28)11-9-19)14-24-26(31)30(27(34)35-24)15-18-6-4-17(2)5-7-18/h4-14H,3,15-16H2,1-2H3/b24-14-. The first-order valence-corrected chi connectivity index (χ1v) is 14.1. The van der Waals surface area contributed by atoms with E-state index in [-0.39, 0.29) is 5.91 Å². The molecule has 0 bridgehead atoms. The van der Waals surface area contributed by atoms with Crippen molar-refractivity contribution < 1.29 is 14.3 Å². The maximum Gasteiger partial charge on any atom is 0.266 e. The number of ether oxygens (including phenoxy) is 2. The van der Waals surface area contributed by atoms with Crippen LogP contribution in [-0.4, -0.2) is 21.7 Å². The maximum atomic E-state index is 13.1. The molecule has 4 rings (SSSR count). The molecule has 0 radical (unpaired) electrons. The highest BCUT2D eigenvalue weighted by molar-refractivity contribution is 14.1. The molecule has 0 aromatic heterocycles. The van der Waals surface area contributed by atoms with Gasteiger partial charge in [0.05, 0.1) is 21.6 Å². The molecule has 1 heterocycles. The van der Waals surface area contributed by atoms with Gasteiger partial charge in [-0.15, -0.1) is 0 Å². The summed E-state index contributed by atoms with van der Waals surface area (Å²) in [6, 6.07) is 20.1. The number of carbonyl (C=O) groups is 1. The molecule has 0 aliphatic carbocycles. The van der Waals surface area contributed by atoms with E-state index < -0.39 is 0 Å². The number of benzene rings is 3. The summed E-state index contributed by atoms with van der Waals surface area (Å²) in [6.07, 6.45) is 1.87. The van der Waals surface area contributed by atoms with Crippen molar-refractivity contribution in [2.75, 3.05) is 6.61 Å². The van der Waals surface area contributed by atoms with Crippen LogP contribution in [0.1, 0.15) is 29.2 Å². The molecule has 3 aromatic carbocycles. The Balaban J connectivity index is 1.54. The number of amides is 1. The van der Waals surface area contributed by atoms with Crippen LogP contribution in [0.4, 0.5) is 0 Å². The molecule has 1 aliphatic heterocycles. The van der Waals surface area contributed by atoms with Crippen molar-refractivity contribution in [2.24, 2.45) is 0 Å². The normalized spacial score (nSPS) is 14.6. The fraction of sp³-hybridized carbons (Fsp3) is 0.185. The lowest BCUT2D eigenvalue weighted by molar-refractivity contribution is -0.122. The molecule has 0 spiro atoms. The van der Waals surface area contributed by atoms with Gasteiger partial charge >= 0.3 is 0 Å². The van der Waals surface area contributed by atoms with Gasteiger partial charge in [-0.2, -0.15) is 0 Å². The number of carbonyl (C=O) groups excluding carboxylic acids is 1. The fourth-order valence-electron chi connectivity index (χ4n) is 3.47. The lowest BCUT2D eigenvalue weighted by atomic mass is 10.1. The second-order valence-corrected chi connectivity index (χ2v) is 11.7. The molecule has 0 atom stereocenters. The van der Waals surface area contributed by atoms with Crippen LogP contribution < -0.4 is 9.47 Å². The minimum atomic E-state index is -0.0795. The number of halogens is 2. The largest absolute Gasteiger partial charge is 0.490 e. The summed E-state index contributed by atoms with van der Waals surface area (Å²) in [6.45, 7) is 5.38. The number of aryl methyl sites for hydroxylation is 1. The zero-order valence-electron chi connectivity index (χ0n) is 19.2. The zero-order chi connectivity index (χ0) is 24.9. The number of thioether (sulfide) groups is 1. The predicted molar refractivity (Wildman–Crippen MR) is 159 cm³/mol. The average molecular weight is 680 g/mol. The van der Waals surface area contributed by atoms with E-state index in [9.17, 15) is 4.79 Å². The van der Waals surface area contributed by atoms with Gasteiger partial charge in [0.2, 0.25) is 0 Å². The Hall–Kier alpha value is -1.88. The van der Waals surface area contributed by atoms with E-state index in [0.717, 1.165) is 24.7 Å². The lowest BCUT2D eigenvalue weighted by Crippen LogP contribution is -2.27. The van der Waals surface area contributed by atoms with Gasteiger partial charge in [0.25, 0.3) is 5.91 Å². The summed E-state index contributed by atoms with van der Waals surface area (Å²) in [7, 11) is 0. The van der Waals surface area contributed by atoms with Crippen molar-refractivity contribution in [3.05, 3.63) is 95.9 Å². The molecule has 0 saturated carbocycles. The maximum absolute atomic E-state index is 13.1. The van der Waals surface area contributed by atoms with Gasteiger partial charge in [-0.3, -0.25) is 9.69 Å². The van der Waals surface area contributed by atoms with Crippen molar-refractivity contribution >= 4 is 78.8 Å². The van der Waals surface area contributed by atoms with E-state index in [0.29, 0.717) is 40.5 Å². The molecule has 3 aromatic rings. The van der Waals surface area contributed by atoms with Gasteiger partial charge in [-0.1, -0.05) is 81.9 Å². The highest BCUT2D eigenvalue weighted by Gasteiger charge is 2.32. The minimum Gasteiger partial charge on any atom is -0.490 e. The Labute approximate surface area is 237 Å².